The summed E-state index contributed by atoms with van der Waals surface area (Å²) in [5.74, 6) is -0.855. The molecule has 6 nitrogen and oxygen atoms in total. The lowest BCUT2D eigenvalue weighted by Crippen LogP contribution is -2.25. The fourth-order valence-corrected chi connectivity index (χ4v) is 3.66. The summed E-state index contributed by atoms with van der Waals surface area (Å²) >= 11 is 0. The van der Waals surface area contributed by atoms with E-state index in [-0.39, 0.29) is 32.0 Å². The summed E-state index contributed by atoms with van der Waals surface area (Å²) in [5, 5.41) is 19.9. The van der Waals surface area contributed by atoms with E-state index in [1.807, 2.05) is 12.2 Å². The largest absolute Gasteiger partial charge is 0.463 e. The van der Waals surface area contributed by atoms with Crippen molar-refractivity contribution in [3.63, 3.8) is 0 Å². The molecule has 0 saturated heterocycles. The van der Waals surface area contributed by atoms with Gasteiger partial charge in [0.25, 0.3) is 0 Å². The van der Waals surface area contributed by atoms with Gasteiger partial charge in [0.05, 0.1) is 6.10 Å². The molecule has 0 rings (SSSR count). The molecule has 0 spiro atoms. The van der Waals surface area contributed by atoms with Crippen molar-refractivity contribution in [1.82, 2.24) is 0 Å². The van der Waals surface area contributed by atoms with Crippen LogP contribution in [0.25, 0.3) is 0 Å². The molecule has 0 aromatic rings. The zero-order chi connectivity index (χ0) is 30.2. The van der Waals surface area contributed by atoms with E-state index in [0.29, 0.717) is 6.42 Å². The Hall–Kier alpha value is -2.70. The van der Waals surface area contributed by atoms with Crippen LogP contribution in [0.1, 0.15) is 110 Å². The standard InChI is InChI=1S/C35H56O6/c1-3-5-7-9-11-12-13-14-15-16-17-18-19-21-22-24-26-32(36)28-29-35(39)41-31-33(37)30-40-34(38)27-25-23-20-10-8-6-4-2/h5,7,11-12,14-15,17-18,21-22,24,26,32-33,36-37H,3-4,6,8-10,13,16,19-20,23,25,27-31H2,1-2H3/b7-5-,12-11-,15-14-,18-17-,22-21-,26-24-/t32?,33-/m0/s1. The van der Waals surface area contributed by atoms with Crippen molar-refractivity contribution in [2.24, 2.45) is 0 Å². The smallest absolute Gasteiger partial charge is 0.305 e. The lowest BCUT2D eigenvalue weighted by atomic mass is 10.1. The van der Waals surface area contributed by atoms with Crippen LogP contribution in [0.5, 0.6) is 0 Å². The highest BCUT2D eigenvalue weighted by atomic mass is 16.6. The number of hydrogen-bond acceptors (Lipinski definition) is 6. The van der Waals surface area contributed by atoms with Gasteiger partial charge in [0, 0.05) is 12.8 Å². The molecule has 0 aromatic carbocycles. The maximum Gasteiger partial charge on any atom is 0.305 e. The first-order chi connectivity index (χ1) is 20.0. The van der Waals surface area contributed by atoms with Crippen LogP contribution in [0.15, 0.2) is 72.9 Å². The fraction of sp³-hybridized carbons (Fsp3) is 0.600. The van der Waals surface area contributed by atoms with E-state index >= 15 is 0 Å². The second-order valence-electron chi connectivity index (χ2n) is 10.0. The summed E-state index contributed by atoms with van der Waals surface area (Å²) in [6, 6.07) is 0. The van der Waals surface area contributed by atoms with Gasteiger partial charge in [-0.15, -0.1) is 0 Å². The number of hydrogen-bond donors (Lipinski definition) is 2. The number of allylic oxidation sites excluding steroid dienone is 11. The lowest BCUT2D eigenvalue weighted by molar-refractivity contribution is -0.152. The average molecular weight is 573 g/mol. The minimum absolute atomic E-state index is 0.0297. The number of carbonyl (C=O) groups excluding carboxylic acids is 2. The van der Waals surface area contributed by atoms with Crippen molar-refractivity contribution in [3.8, 4) is 0 Å². The van der Waals surface area contributed by atoms with Crippen LogP contribution in [0.4, 0.5) is 0 Å². The van der Waals surface area contributed by atoms with Gasteiger partial charge in [-0.1, -0.05) is 125 Å². The third-order valence-corrected chi connectivity index (χ3v) is 6.07. The Morgan fingerprint density at radius 3 is 1.66 bits per heavy atom. The van der Waals surface area contributed by atoms with Crippen LogP contribution in [-0.4, -0.2) is 47.6 Å². The molecule has 0 heterocycles. The molecule has 1 unspecified atom stereocenters. The molecule has 0 aliphatic heterocycles. The highest BCUT2D eigenvalue weighted by Gasteiger charge is 2.13. The number of aliphatic hydroxyl groups excluding tert-OH is 2. The van der Waals surface area contributed by atoms with Crippen molar-refractivity contribution in [1.29, 1.82) is 0 Å². The Bertz CT molecular complexity index is 805. The van der Waals surface area contributed by atoms with E-state index in [0.717, 1.165) is 51.4 Å². The maximum absolute atomic E-state index is 11.9. The minimum atomic E-state index is -1.06. The van der Waals surface area contributed by atoms with Crippen molar-refractivity contribution in [2.75, 3.05) is 13.2 Å². The number of carbonyl (C=O) groups is 2. The molecule has 6 heteroatoms. The van der Waals surface area contributed by atoms with E-state index in [9.17, 15) is 19.8 Å². The second kappa shape index (κ2) is 30.3. The molecule has 41 heavy (non-hydrogen) atoms. The zero-order valence-corrected chi connectivity index (χ0v) is 25.6. The molecule has 2 atom stereocenters. The zero-order valence-electron chi connectivity index (χ0n) is 25.6. The van der Waals surface area contributed by atoms with E-state index in [2.05, 4.69) is 62.5 Å². The number of rotatable bonds is 26. The normalized spacial score (nSPS) is 14.0. The summed E-state index contributed by atoms with van der Waals surface area (Å²) < 4.78 is 10.1. The Morgan fingerprint density at radius 2 is 1.10 bits per heavy atom. The van der Waals surface area contributed by atoms with E-state index < -0.39 is 18.2 Å². The molecule has 0 aliphatic rings. The molecular weight excluding hydrogens is 516 g/mol. The van der Waals surface area contributed by atoms with Crippen LogP contribution in [0, 0.1) is 0 Å². The van der Waals surface area contributed by atoms with Crippen molar-refractivity contribution in [2.45, 2.75) is 122 Å². The molecule has 0 bridgehead atoms. The molecule has 0 fully saturated rings. The molecule has 0 amide bonds. The Kier molecular flexibility index (Phi) is 28.3. The summed E-state index contributed by atoms with van der Waals surface area (Å²) in [4.78, 5) is 23.6. The van der Waals surface area contributed by atoms with Crippen molar-refractivity contribution < 1.29 is 29.3 Å². The fourth-order valence-electron chi connectivity index (χ4n) is 3.66. The van der Waals surface area contributed by atoms with E-state index in [1.165, 1.54) is 25.7 Å². The lowest BCUT2D eigenvalue weighted by Gasteiger charge is -2.12. The van der Waals surface area contributed by atoms with Crippen molar-refractivity contribution in [3.05, 3.63) is 72.9 Å². The van der Waals surface area contributed by atoms with Crippen LogP contribution >= 0.6 is 0 Å². The highest BCUT2D eigenvalue weighted by Crippen LogP contribution is 2.09. The second-order valence-corrected chi connectivity index (χ2v) is 10.0. The molecule has 232 valence electrons. The van der Waals surface area contributed by atoms with Gasteiger partial charge >= 0.3 is 11.9 Å². The first-order valence-corrected chi connectivity index (χ1v) is 15.6. The molecular formula is C35H56O6. The Morgan fingerprint density at radius 1 is 0.610 bits per heavy atom. The monoisotopic (exact) mass is 572 g/mol. The van der Waals surface area contributed by atoms with Gasteiger partial charge in [0.1, 0.15) is 19.3 Å². The van der Waals surface area contributed by atoms with E-state index in [1.54, 1.807) is 12.2 Å². The number of esters is 2. The van der Waals surface area contributed by atoms with Crippen LogP contribution in [0.2, 0.25) is 0 Å². The molecule has 0 saturated carbocycles. The Balaban J connectivity index is 3.80. The third-order valence-electron chi connectivity index (χ3n) is 6.07. The molecule has 0 radical (unpaired) electrons. The topological polar surface area (TPSA) is 93.1 Å². The third kappa shape index (κ3) is 30.1. The average Bonchev–Trinajstić information content (AvgIpc) is 2.97. The van der Waals surface area contributed by atoms with Gasteiger partial charge in [0.2, 0.25) is 0 Å². The predicted octanol–water partition coefficient (Wildman–Crippen LogP) is 8.02. The Labute approximate surface area is 249 Å². The predicted molar refractivity (Wildman–Crippen MR) is 169 cm³/mol. The first kappa shape index (κ1) is 38.3. The number of unbranched alkanes of at least 4 members (excludes halogenated alkanes) is 6. The number of ether oxygens (including phenoxy) is 2. The summed E-state index contributed by atoms with van der Waals surface area (Å²) in [7, 11) is 0. The van der Waals surface area contributed by atoms with Gasteiger partial charge in [-0.05, 0) is 44.9 Å². The van der Waals surface area contributed by atoms with Crippen molar-refractivity contribution >= 4 is 11.9 Å². The summed E-state index contributed by atoms with van der Waals surface area (Å²) in [6.07, 6.45) is 35.9. The summed E-state index contributed by atoms with van der Waals surface area (Å²) in [6.45, 7) is 3.89. The van der Waals surface area contributed by atoms with Crippen LogP contribution in [-0.2, 0) is 19.1 Å². The van der Waals surface area contributed by atoms with Crippen LogP contribution < -0.4 is 0 Å². The SMILES string of the molecule is CC/C=C\C/C=C\C/C=C\C/C=C\C/C=C\C=C/C(O)CCC(=O)OC[C@@H](O)COC(=O)CCCCCCCCC. The maximum atomic E-state index is 11.9. The van der Waals surface area contributed by atoms with Gasteiger partial charge in [-0.25, -0.2) is 0 Å². The molecule has 0 aliphatic carbocycles. The van der Waals surface area contributed by atoms with Gasteiger partial charge in [0.15, 0.2) is 0 Å². The number of aliphatic hydroxyl groups is 2. The minimum Gasteiger partial charge on any atom is -0.463 e. The van der Waals surface area contributed by atoms with E-state index in [4.69, 9.17) is 9.47 Å². The first-order valence-electron chi connectivity index (χ1n) is 15.6. The molecule has 2 N–H and O–H groups in total. The van der Waals surface area contributed by atoms with Gasteiger partial charge < -0.3 is 19.7 Å². The quantitative estimate of drug-likeness (QED) is 0.0472. The summed E-state index contributed by atoms with van der Waals surface area (Å²) in [5.41, 5.74) is 0. The van der Waals surface area contributed by atoms with Gasteiger partial charge in [-0.3, -0.25) is 9.59 Å². The van der Waals surface area contributed by atoms with Crippen LogP contribution in [0.3, 0.4) is 0 Å². The highest BCUT2D eigenvalue weighted by molar-refractivity contribution is 5.69. The van der Waals surface area contributed by atoms with Gasteiger partial charge in [-0.2, -0.15) is 0 Å². The molecule has 0 aromatic heterocycles.